The van der Waals surface area contributed by atoms with Crippen molar-refractivity contribution in [1.29, 1.82) is 0 Å². The number of para-hydroxylation sites is 1. The van der Waals surface area contributed by atoms with Crippen molar-refractivity contribution >= 4 is 11.9 Å². The van der Waals surface area contributed by atoms with Gasteiger partial charge in [-0.3, -0.25) is 9.69 Å². The van der Waals surface area contributed by atoms with Crippen LogP contribution in [0.5, 0.6) is 5.75 Å². The molecule has 6 nitrogen and oxygen atoms in total. The minimum absolute atomic E-state index is 0.0297. The summed E-state index contributed by atoms with van der Waals surface area (Å²) in [5.41, 5.74) is 1.63. The summed E-state index contributed by atoms with van der Waals surface area (Å²) in [7, 11) is 3.49. The molecule has 6 heteroatoms. The van der Waals surface area contributed by atoms with Gasteiger partial charge in [0, 0.05) is 32.7 Å². The zero-order chi connectivity index (χ0) is 22.7. The highest BCUT2D eigenvalue weighted by Gasteiger charge is 2.56. The van der Waals surface area contributed by atoms with Crippen molar-refractivity contribution in [3.8, 4) is 5.75 Å². The molecule has 2 saturated heterocycles. The van der Waals surface area contributed by atoms with E-state index in [4.69, 9.17) is 4.74 Å². The number of likely N-dealkylation sites (tertiary alicyclic amines) is 1. The van der Waals surface area contributed by atoms with Gasteiger partial charge in [0.15, 0.2) is 0 Å². The Morgan fingerprint density at radius 2 is 1.66 bits per heavy atom. The molecular formula is C26H33N3O3. The smallest absolute Gasteiger partial charge is 0.327 e. The fraction of sp³-hybridized carbons (Fsp3) is 0.462. The van der Waals surface area contributed by atoms with Crippen molar-refractivity contribution < 1.29 is 14.3 Å². The number of hydrogen-bond acceptors (Lipinski definition) is 4. The maximum absolute atomic E-state index is 13.4. The number of amides is 3. The topological polar surface area (TPSA) is 53.1 Å². The third kappa shape index (κ3) is 4.11. The minimum Gasteiger partial charge on any atom is -0.496 e. The van der Waals surface area contributed by atoms with E-state index >= 15 is 0 Å². The summed E-state index contributed by atoms with van der Waals surface area (Å²) in [6.07, 6.45) is 2.92. The Morgan fingerprint density at radius 1 is 1.00 bits per heavy atom. The Morgan fingerprint density at radius 3 is 2.34 bits per heavy atom. The van der Waals surface area contributed by atoms with Gasteiger partial charge in [-0.2, -0.15) is 0 Å². The molecule has 32 heavy (non-hydrogen) atoms. The highest BCUT2D eigenvalue weighted by molar-refractivity contribution is 6.07. The molecular weight excluding hydrogens is 402 g/mol. The Balaban J connectivity index is 1.39. The molecule has 2 aromatic carbocycles. The zero-order valence-electron chi connectivity index (χ0n) is 19.3. The van der Waals surface area contributed by atoms with Crippen LogP contribution in [0.1, 0.15) is 30.9 Å². The van der Waals surface area contributed by atoms with Gasteiger partial charge in [0.2, 0.25) is 0 Å². The quantitative estimate of drug-likeness (QED) is 0.624. The van der Waals surface area contributed by atoms with Gasteiger partial charge in [-0.05, 0) is 49.8 Å². The number of likely N-dealkylation sites (N-methyl/N-ethyl adjacent to an activating group) is 1. The van der Waals surface area contributed by atoms with Crippen molar-refractivity contribution in [3.63, 3.8) is 0 Å². The lowest BCUT2D eigenvalue weighted by Crippen LogP contribution is -2.56. The number of nitrogens with zero attached hydrogens (tertiary/aromatic N) is 3. The Bertz CT molecular complexity index is 954. The molecule has 2 heterocycles. The average Bonchev–Trinajstić information content (AvgIpc) is 3.00. The molecule has 0 saturated carbocycles. The molecule has 2 aliphatic rings. The van der Waals surface area contributed by atoms with E-state index in [2.05, 4.69) is 17.9 Å². The molecule has 2 fully saturated rings. The molecule has 3 amide bonds. The molecule has 2 aliphatic heterocycles. The van der Waals surface area contributed by atoms with Gasteiger partial charge >= 0.3 is 6.03 Å². The number of piperidine rings is 1. The van der Waals surface area contributed by atoms with Crippen LogP contribution in [0.25, 0.3) is 0 Å². The van der Waals surface area contributed by atoms with Gasteiger partial charge in [-0.1, -0.05) is 48.5 Å². The van der Waals surface area contributed by atoms with Crippen molar-refractivity contribution in [3.05, 3.63) is 65.7 Å². The summed E-state index contributed by atoms with van der Waals surface area (Å²) >= 11 is 0. The second kappa shape index (κ2) is 9.33. The third-order valence-corrected chi connectivity index (χ3v) is 7.23. The van der Waals surface area contributed by atoms with Gasteiger partial charge in [0.1, 0.15) is 11.3 Å². The molecule has 0 aromatic heterocycles. The van der Waals surface area contributed by atoms with Crippen molar-refractivity contribution in [2.75, 3.05) is 33.8 Å². The van der Waals surface area contributed by atoms with Crippen LogP contribution >= 0.6 is 0 Å². The molecule has 2 aromatic rings. The van der Waals surface area contributed by atoms with E-state index in [1.54, 1.807) is 19.1 Å². The summed E-state index contributed by atoms with van der Waals surface area (Å²) in [5.74, 6) is 0.885. The molecule has 170 valence electrons. The maximum atomic E-state index is 13.4. The maximum Gasteiger partial charge on any atom is 0.327 e. The average molecular weight is 436 g/mol. The molecule has 0 N–H and O–H groups in total. The summed E-state index contributed by atoms with van der Waals surface area (Å²) in [6.45, 7) is 4.25. The SMILES string of the molecule is COc1ccccc1CC(C)N1CCC2(CC1)C(=O)N(CCc1ccccc1)C(=O)N2C. The first-order valence-electron chi connectivity index (χ1n) is 11.5. The van der Waals surface area contributed by atoms with Crippen LogP contribution < -0.4 is 4.74 Å². The van der Waals surface area contributed by atoms with Gasteiger partial charge < -0.3 is 14.5 Å². The van der Waals surface area contributed by atoms with Gasteiger partial charge in [-0.25, -0.2) is 4.79 Å². The van der Waals surface area contributed by atoms with E-state index in [0.29, 0.717) is 31.8 Å². The van der Waals surface area contributed by atoms with Crippen LogP contribution in [0.15, 0.2) is 54.6 Å². The second-order valence-electron chi connectivity index (χ2n) is 8.97. The van der Waals surface area contributed by atoms with E-state index in [9.17, 15) is 9.59 Å². The lowest BCUT2D eigenvalue weighted by Gasteiger charge is -2.43. The summed E-state index contributed by atoms with van der Waals surface area (Å²) in [6, 6.07) is 18.3. The third-order valence-electron chi connectivity index (χ3n) is 7.23. The van der Waals surface area contributed by atoms with Crippen molar-refractivity contribution in [2.24, 2.45) is 0 Å². The van der Waals surface area contributed by atoms with Crippen LogP contribution in [0.2, 0.25) is 0 Å². The lowest BCUT2D eigenvalue weighted by molar-refractivity contribution is -0.135. The highest BCUT2D eigenvalue weighted by atomic mass is 16.5. The van der Waals surface area contributed by atoms with Gasteiger partial charge in [0.25, 0.3) is 5.91 Å². The van der Waals surface area contributed by atoms with Crippen LogP contribution in [-0.4, -0.2) is 72.0 Å². The summed E-state index contributed by atoms with van der Waals surface area (Å²) in [5, 5.41) is 0. The number of carbonyl (C=O) groups is 2. The molecule has 0 bridgehead atoms. The molecule has 4 rings (SSSR count). The van der Waals surface area contributed by atoms with Gasteiger partial charge in [-0.15, -0.1) is 0 Å². The molecule has 0 aliphatic carbocycles. The van der Waals surface area contributed by atoms with Gasteiger partial charge in [0.05, 0.1) is 7.11 Å². The van der Waals surface area contributed by atoms with Crippen molar-refractivity contribution in [1.82, 2.24) is 14.7 Å². The van der Waals surface area contributed by atoms with E-state index < -0.39 is 5.54 Å². The molecule has 1 unspecified atom stereocenters. The summed E-state index contributed by atoms with van der Waals surface area (Å²) in [4.78, 5) is 31.9. The number of urea groups is 1. The van der Waals surface area contributed by atoms with Crippen LogP contribution in [0.4, 0.5) is 4.79 Å². The second-order valence-corrected chi connectivity index (χ2v) is 8.97. The first-order chi connectivity index (χ1) is 15.5. The van der Waals surface area contributed by atoms with Crippen LogP contribution in [0.3, 0.4) is 0 Å². The first kappa shape index (κ1) is 22.3. The van der Waals surface area contributed by atoms with Crippen molar-refractivity contribution in [2.45, 2.75) is 44.2 Å². The van der Waals surface area contributed by atoms with E-state index in [1.807, 2.05) is 48.5 Å². The molecule has 1 atom stereocenters. The zero-order valence-corrected chi connectivity index (χ0v) is 19.3. The molecule has 1 spiro atoms. The van der Waals surface area contributed by atoms with E-state index in [-0.39, 0.29) is 11.9 Å². The number of ether oxygens (including phenoxy) is 1. The standard InChI is InChI=1S/C26H33N3O3/c1-20(19-22-11-7-8-12-23(22)32-3)28-17-14-26(15-18-28)24(30)29(25(31)27(26)2)16-13-21-9-5-4-6-10-21/h4-12,20H,13-19H2,1-3H3. The first-order valence-corrected chi connectivity index (χ1v) is 11.5. The van der Waals surface area contributed by atoms with Crippen LogP contribution in [-0.2, 0) is 17.6 Å². The monoisotopic (exact) mass is 435 g/mol. The number of methoxy groups -OCH3 is 1. The number of hydrogen-bond donors (Lipinski definition) is 0. The number of carbonyl (C=O) groups excluding carboxylic acids is 2. The Kier molecular flexibility index (Phi) is 6.51. The Hall–Kier alpha value is -2.86. The predicted molar refractivity (Wildman–Crippen MR) is 125 cm³/mol. The predicted octanol–water partition coefficient (Wildman–Crippen LogP) is 3.60. The Labute approximate surface area is 190 Å². The van der Waals surface area contributed by atoms with E-state index in [0.717, 1.165) is 30.8 Å². The molecule has 0 radical (unpaired) electrons. The normalized spacial score (nSPS) is 19.6. The number of benzene rings is 2. The van der Waals surface area contributed by atoms with Crippen LogP contribution in [0, 0.1) is 0 Å². The highest BCUT2D eigenvalue weighted by Crippen LogP contribution is 2.37. The number of imide groups is 1. The summed E-state index contributed by atoms with van der Waals surface area (Å²) < 4.78 is 5.50. The largest absolute Gasteiger partial charge is 0.496 e. The minimum atomic E-state index is -0.700. The fourth-order valence-electron chi connectivity index (χ4n) is 5.13. The fourth-order valence-corrected chi connectivity index (χ4v) is 5.13. The van der Waals surface area contributed by atoms with E-state index in [1.165, 1.54) is 10.5 Å². The lowest BCUT2D eigenvalue weighted by atomic mass is 9.85. The number of rotatable bonds is 7.